The van der Waals surface area contributed by atoms with Crippen molar-refractivity contribution in [1.82, 2.24) is 0 Å². The van der Waals surface area contributed by atoms with Gasteiger partial charge in [0.1, 0.15) is 19.3 Å². The highest BCUT2D eigenvalue weighted by atomic mass is 31.2. The van der Waals surface area contributed by atoms with Crippen molar-refractivity contribution < 1.29 is 80.2 Å². The van der Waals surface area contributed by atoms with Crippen molar-refractivity contribution in [3.8, 4) is 0 Å². The van der Waals surface area contributed by atoms with E-state index in [0.717, 1.165) is 186 Å². The molecule has 0 rings (SSSR count). The molecule has 17 nitrogen and oxygen atoms in total. The van der Waals surface area contributed by atoms with Gasteiger partial charge < -0.3 is 33.8 Å². The summed E-state index contributed by atoms with van der Waals surface area (Å²) in [6.45, 7) is 4.61. The number of carbonyl (C=O) groups is 4. The van der Waals surface area contributed by atoms with E-state index in [1.54, 1.807) is 0 Å². The molecule has 0 aliphatic rings. The van der Waals surface area contributed by atoms with Gasteiger partial charge in [-0.1, -0.05) is 291 Å². The van der Waals surface area contributed by atoms with Gasteiger partial charge in [-0.3, -0.25) is 37.3 Å². The molecule has 0 aromatic rings. The lowest BCUT2D eigenvalue weighted by atomic mass is 10.0. The van der Waals surface area contributed by atoms with Crippen molar-refractivity contribution in [3.05, 3.63) is 109 Å². The van der Waals surface area contributed by atoms with Crippen LogP contribution in [0.3, 0.4) is 0 Å². The van der Waals surface area contributed by atoms with E-state index in [1.165, 1.54) is 70.6 Å². The zero-order chi connectivity index (χ0) is 74.6. The first kappa shape index (κ1) is 97.7. The molecule has 0 amide bonds. The van der Waals surface area contributed by atoms with Crippen molar-refractivity contribution in [2.24, 2.45) is 0 Å². The van der Waals surface area contributed by atoms with Crippen LogP contribution in [0.25, 0.3) is 0 Å². The Labute approximate surface area is 619 Å². The second-order valence-corrected chi connectivity index (χ2v) is 29.5. The Morgan fingerprint density at radius 2 is 0.510 bits per heavy atom. The first-order valence-electron chi connectivity index (χ1n) is 40.1. The molecule has 0 aliphatic heterocycles. The van der Waals surface area contributed by atoms with Gasteiger partial charge in [-0.25, -0.2) is 9.13 Å². The van der Waals surface area contributed by atoms with Gasteiger partial charge >= 0.3 is 39.5 Å². The van der Waals surface area contributed by atoms with Gasteiger partial charge in [-0.15, -0.1) is 0 Å². The number of aliphatic hydroxyl groups is 1. The van der Waals surface area contributed by atoms with Crippen LogP contribution in [0, 0.1) is 0 Å². The second kappa shape index (κ2) is 75.0. The van der Waals surface area contributed by atoms with E-state index in [-0.39, 0.29) is 25.7 Å². The molecule has 5 atom stereocenters. The average Bonchev–Trinajstić information content (AvgIpc) is 0.919. The van der Waals surface area contributed by atoms with E-state index in [2.05, 4.69) is 137 Å². The van der Waals surface area contributed by atoms with Gasteiger partial charge in [-0.2, -0.15) is 0 Å². The van der Waals surface area contributed by atoms with Crippen LogP contribution in [0.4, 0.5) is 0 Å². The van der Waals surface area contributed by atoms with Crippen LogP contribution in [0.5, 0.6) is 0 Å². The summed E-state index contributed by atoms with van der Waals surface area (Å²) in [6, 6.07) is 0. The first-order chi connectivity index (χ1) is 49.7. The fraction of sp³-hybridized carbons (Fsp3) is 0.735. The quantitative estimate of drug-likeness (QED) is 0.0169. The molecule has 0 aromatic carbocycles. The van der Waals surface area contributed by atoms with Crippen molar-refractivity contribution in [1.29, 1.82) is 0 Å². The van der Waals surface area contributed by atoms with Crippen LogP contribution < -0.4 is 0 Å². The van der Waals surface area contributed by atoms with E-state index in [0.29, 0.717) is 25.7 Å². The smallest absolute Gasteiger partial charge is 0.462 e. The van der Waals surface area contributed by atoms with Crippen LogP contribution in [0.2, 0.25) is 0 Å². The third kappa shape index (κ3) is 74.0. The summed E-state index contributed by atoms with van der Waals surface area (Å²) in [4.78, 5) is 73.0. The molecule has 0 saturated heterocycles. The van der Waals surface area contributed by atoms with Crippen molar-refractivity contribution in [2.75, 3.05) is 39.6 Å². The highest BCUT2D eigenvalue weighted by Crippen LogP contribution is 2.45. The Balaban J connectivity index is 5.36. The number of allylic oxidation sites excluding steroid dienone is 18. The minimum atomic E-state index is -4.98. The van der Waals surface area contributed by atoms with E-state index >= 15 is 0 Å². The Kier molecular flexibility index (Phi) is 71.8. The zero-order valence-corrected chi connectivity index (χ0v) is 66.0. The van der Waals surface area contributed by atoms with Crippen LogP contribution in [0.1, 0.15) is 336 Å². The number of phosphoric acid groups is 2. The number of esters is 4. The third-order valence-electron chi connectivity index (χ3n) is 16.7. The molecule has 0 saturated carbocycles. The number of hydrogen-bond donors (Lipinski definition) is 3. The van der Waals surface area contributed by atoms with Gasteiger partial charge in [0.05, 0.1) is 26.4 Å². The highest BCUT2D eigenvalue weighted by Gasteiger charge is 2.30. The Morgan fingerprint density at radius 1 is 0.284 bits per heavy atom. The maximum absolute atomic E-state index is 13.1. The molecule has 19 heteroatoms. The summed E-state index contributed by atoms with van der Waals surface area (Å²) in [6.07, 6.45) is 80.6. The molecule has 0 radical (unpaired) electrons. The predicted molar refractivity (Wildman–Crippen MR) is 418 cm³/mol. The molecule has 0 bridgehead atoms. The zero-order valence-electron chi connectivity index (χ0n) is 64.3. The van der Waals surface area contributed by atoms with E-state index < -0.39 is 97.5 Å². The first-order valence-corrected chi connectivity index (χ1v) is 43.1. The number of hydrogen-bond acceptors (Lipinski definition) is 15. The van der Waals surface area contributed by atoms with Gasteiger partial charge in [0.25, 0.3) is 0 Å². The predicted octanol–water partition coefficient (Wildman–Crippen LogP) is 23.3. The molecule has 5 unspecified atom stereocenters. The summed E-state index contributed by atoms with van der Waals surface area (Å²) in [7, 11) is -9.96. The fourth-order valence-corrected chi connectivity index (χ4v) is 12.2. The molecular weight excluding hydrogens is 1330 g/mol. The minimum Gasteiger partial charge on any atom is -0.462 e. The largest absolute Gasteiger partial charge is 0.472 e. The number of aliphatic hydroxyl groups excluding tert-OH is 1. The summed E-state index contributed by atoms with van der Waals surface area (Å²) in [5.41, 5.74) is 0. The highest BCUT2D eigenvalue weighted by molar-refractivity contribution is 7.47. The van der Waals surface area contributed by atoms with Gasteiger partial charge in [0, 0.05) is 25.7 Å². The Hall–Kier alpha value is -4.28. The van der Waals surface area contributed by atoms with E-state index in [9.17, 15) is 43.2 Å². The maximum atomic E-state index is 13.1. The Bertz CT molecular complexity index is 2360. The molecular formula is C83H144O17P2. The molecule has 102 heavy (non-hydrogen) atoms. The second-order valence-electron chi connectivity index (χ2n) is 26.6. The van der Waals surface area contributed by atoms with Crippen LogP contribution in [0.15, 0.2) is 109 Å². The van der Waals surface area contributed by atoms with Crippen molar-refractivity contribution in [2.45, 2.75) is 354 Å². The van der Waals surface area contributed by atoms with E-state index in [1.807, 2.05) is 0 Å². The lowest BCUT2D eigenvalue weighted by Gasteiger charge is -2.21. The third-order valence-corrected chi connectivity index (χ3v) is 18.6. The number of rotatable bonds is 75. The number of carbonyl (C=O) groups excluding carboxylic acids is 4. The fourth-order valence-electron chi connectivity index (χ4n) is 10.7. The topological polar surface area (TPSA) is 237 Å². The van der Waals surface area contributed by atoms with Gasteiger partial charge in [-0.05, 0) is 128 Å². The summed E-state index contributed by atoms with van der Waals surface area (Å²) >= 11 is 0. The maximum Gasteiger partial charge on any atom is 0.472 e. The minimum absolute atomic E-state index is 0.0706. The van der Waals surface area contributed by atoms with Crippen LogP contribution in [-0.4, -0.2) is 96.7 Å². The van der Waals surface area contributed by atoms with Crippen molar-refractivity contribution >= 4 is 39.5 Å². The molecule has 0 aromatic heterocycles. The standard InChI is InChI=1S/C83H144O17P2/c1-5-9-13-17-21-25-29-33-36-37-38-39-42-45-48-52-56-60-64-68-81(86)94-73-78(99-82(87)69-65-61-57-53-49-43-32-28-24-20-16-12-8-4)75-97-101(89,90)95-71-77(84)72-96-102(91,92)98-76-79(100-83(88)70-66-62-58-54-50-46-41-35-31-27-23-19-15-11-7-3)74-93-80(85)67-63-59-55-51-47-44-40-34-30-26-22-18-14-10-6-2/h10-11,14-15,21-23,25-27,33-36,38-41,77-79,84H,5-9,12-13,16-20,24,28-32,37,42-76H2,1-4H3,(H,89,90)(H,91,92)/b14-10-,15-11-,25-21-,26-22-,27-23-,36-33-,39-38-,40-34-,41-35-. The molecule has 0 heterocycles. The lowest BCUT2D eigenvalue weighted by molar-refractivity contribution is -0.161. The number of unbranched alkanes of at least 4 members (excludes halogenated alkanes) is 31. The van der Waals surface area contributed by atoms with Crippen molar-refractivity contribution in [3.63, 3.8) is 0 Å². The molecule has 588 valence electrons. The van der Waals surface area contributed by atoms with E-state index in [4.69, 9.17) is 37.0 Å². The van der Waals surface area contributed by atoms with Crippen LogP contribution >= 0.6 is 15.6 Å². The summed E-state index contributed by atoms with van der Waals surface area (Å²) in [5.74, 6) is -2.21. The van der Waals surface area contributed by atoms with Gasteiger partial charge in [0.15, 0.2) is 12.2 Å². The number of ether oxygens (including phenoxy) is 4. The molecule has 3 N–H and O–H groups in total. The SMILES string of the molecule is CC/C=C\C/C=C\C/C=C\CCCCCCCC(=O)OCC(COP(=O)(O)OCC(O)COP(=O)(O)OCC(COC(=O)CCCCCCCC/C=C\C/C=C\C/C=C\CCCCC)OC(=O)CCCCCCCCCCCCCCC)OC(=O)CCCCCCC/C=C\C/C=C\C/C=C\CC. The molecule has 0 aliphatic carbocycles. The Morgan fingerprint density at radius 3 is 0.804 bits per heavy atom. The molecule has 0 fully saturated rings. The van der Waals surface area contributed by atoms with Gasteiger partial charge in [0.2, 0.25) is 0 Å². The lowest BCUT2D eigenvalue weighted by Crippen LogP contribution is -2.30. The number of phosphoric ester groups is 2. The summed E-state index contributed by atoms with van der Waals surface area (Å²) in [5, 5.41) is 10.6. The summed E-state index contributed by atoms with van der Waals surface area (Å²) < 4.78 is 68.6. The molecule has 0 spiro atoms. The van der Waals surface area contributed by atoms with Crippen LogP contribution in [-0.2, 0) is 65.4 Å². The monoisotopic (exact) mass is 1470 g/mol. The average molecular weight is 1480 g/mol. The normalized spacial score (nSPS) is 14.5.